The van der Waals surface area contributed by atoms with Gasteiger partial charge >= 0.3 is 0 Å². The summed E-state index contributed by atoms with van der Waals surface area (Å²) in [6, 6.07) is 5.69. The van der Waals surface area contributed by atoms with E-state index in [1.165, 1.54) is 0 Å². The van der Waals surface area contributed by atoms with Crippen LogP contribution < -0.4 is 5.32 Å². The third-order valence-corrected chi connectivity index (χ3v) is 3.93. The predicted octanol–water partition coefficient (Wildman–Crippen LogP) is 2.43. The van der Waals surface area contributed by atoms with Crippen molar-refractivity contribution in [2.75, 3.05) is 6.54 Å². The minimum Gasteiger partial charge on any atom is -0.356 e. The molecule has 0 atom stereocenters. The molecule has 7 heteroatoms. The van der Waals surface area contributed by atoms with E-state index in [0.717, 1.165) is 22.5 Å². The number of hydrogen-bond donors (Lipinski definition) is 1. The largest absolute Gasteiger partial charge is 0.356 e. The number of carbonyl (C=O) groups excluding carboxylic acids is 1. The van der Waals surface area contributed by atoms with Gasteiger partial charge in [-0.05, 0) is 31.9 Å². The van der Waals surface area contributed by atoms with E-state index < -0.39 is 0 Å². The summed E-state index contributed by atoms with van der Waals surface area (Å²) in [5, 5.41) is 6.85. The maximum absolute atomic E-state index is 12.0. The highest BCUT2D eigenvalue weighted by Crippen LogP contribution is 2.22. The zero-order valence-electron chi connectivity index (χ0n) is 14.9. The van der Waals surface area contributed by atoms with Crippen LogP contribution in [0.5, 0.6) is 0 Å². The molecule has 3 aromatic rings. The number of rotatable bonds is 7. The van der Waals surface area contributed by atoms with Gasteiger partial charge in [-0.25, -0.2) is 9.97 Å². The highest BCUT2D eigenvalue weighted by molar-refractivity contribution is 5.76. The van der Waals surface area contributed by atoms with Crippen LogP contribution in [0.3, 0.4) is 0 Å². The second-order valence-electron chi connectivity index (χ2n) is 6.07. The fourth-order valence-electron chi connectivity index (χ4n) is 2.62. The maximum Gasteiger partial charge on any atom is 0.220 e. The van der Waals surface area contributed by atoms with Crippen molar-refractivity contribution in [1.29, 1.82) is 0 Å². The van der Waals surface area contributed by atoms with Crippen molar-refractivity contribution >= 4 is 5.91 Å². The molecule has 0 aliphatic rings. The van der Waals surface area contributed by atoms with Gasteiger partial charge in [0.25, 0.3) is 0 Å². The SMILES string of the molecule is Cc1cc(-c2cnc(C)nc2CCNC(=O)CCc2cccnc2)on1. The zero-order valence-corrected chi connectivity index (χ0v) is 14.9. The van der Waals surface area contributed by atoms with Crippen LogP contribution in [-0.2, 0) is 17.6 Å². The molecular weight excluding hydrogens is 330 g/mol. The second kappa shape index (κ2) is 8.33. The first-order chi connectivity index (χ1) is 12.6. The number of nitrogens with zero attached hydrogens (tertiary/aromatic N) is 4. The number of hydrogen-bond acceptors (Lipinski definition) is 6. The molecule has 0 unspecified atom stereocenters. The van der Waals surface area contributed by atoms with Gasteiger partial charge < -0.3 is 9.84 Å². The van der Waals surface area contributed by atoms with Crippen molar-refractivity contribution < 1.29 is 9.32 Å². The summed E-state index contributed by atoms with van der Waals surface area (Å²) in [5.41, 5.74) is 3.49. The van der Waals surface area contributed by atoms with Crippen molar-refractivity contribution in [3.05, 3.63) is 59.6 Å². The van der Waals surface area contributed by atoms with Gasteiger partial charge in [0.15, 0.2) is 5.76 Å². The van der Waals surface area contributed by atoms with Crippen molar-refractivity contribution in [2.45, 2.75) is 33.1 Å². The first-order valence-corrected chi connectivity index (χ1v) is 8.53. The van der Waals surface area contributed by atoms with Crippen LogP contribution in [-0.4, -0.2) is 32.6 Å². The molecule has 134 valence electrons. The van der Waals surface area contributed by atoms with E-state index in [-0.39, 0.29) is 5.91 Å². The summed E-state index contributed by atoms with van der Waals surface area (Å²) < 4.78 is 5.32. The summed E-state index contributed by atoms with van der Waals surface area (Å²) in [6.45, 7) is 4.21. The van der Waals surface area contributed by atoms with Crippen molar-refractivity contribution in [3.8, 4) is 11.3 Å². The molecule has 0 saturated carbocycles. The Labute approximate surface area is 151 Å². The summed E-state index contributed by atoms with van der Waals surface area (Å²) >= 11 is 0. The summed E-state index contributed by atoms with van der Waals surface area (Å²) in [6.07, 6.45) is 6.94. The standard InChI is InChI=1S/C19H21N5O2/c1-13-10-18(26-24-13)16-12-22-14(2)23-17(16)7-9-21-19(25)6-5-15-4-3-8-20-11-15/h3-4,8,10-12H,5-7,9H2,1-2H3,(H,21,25). The van der Waals surface area contributed by atoms with Crippen molar-refractivity contribution in [3.63, 3.8) is 0 Å². The monoisotopic (exact) mass is 351 g/mol. The first kappa shape index (κ1) is 17.7. The third-order valence-electron chi connectivity index (χ3n) is 3.93. The minimum atomic E-state index is 0.0108. The molecule has 7 nitrogen and oxygen atoms in total. The van der Waals surface area contributed by atoms with Crippen LogP contribution in [0.25, 0.3) is 11.3 Å². The van der Waals surface area contributed by atoms with Gasteiger partial charge in [0.1, 0.15) is 5.82 Å². The van der Waals surface area contributed by atoms with E-state index >= 15 is 0 Å². The highest BCUT2D eigenvalue weighted by atomic mass is 16.5. The Morgan fingerprint density at radius 3 is 2.85 bits per heavy atom. The topological polar surface area (TPSA) is 93.8 Å². The van der Waals surface area contributed by atoms with Crippen LogP contribution in [0.2, 0.25) is 0 Å². The van der Waals surface area contributed by atoms with Crippen LogP contribution in [0.15, 0.2) is 41.3 Å². The van der Waals surface area contributed by atoms with Gasteiger partial charge in [-0.15, -0.1) is 0 Å². The molecule has 3 heterocycles. The molecule has 3 aromatic heterocycles. The Kier molecular flexibility index (Phi) is 5.68. The molecule has 0 bridgehead atoms. The van der Waals surface area contributed by atoms with E-state index in [1.54, 1.807) is 18.6 Å². The number of aromatic nitrogens is 4. The lowest BCUT2D eigenvalue weighted by Gasteiger charge is -2.08. The Hall–Kier alpha value is -3.09. The molecule has 0 aliphatic carbocycles. The molecule has 0 saturated heterocycles. The van der Waals surface area contributed by atoms with Gasteiger partial charge in [0, 0.05) is 44.0 Å². The predicted molar refractivity (Wildman–Crippen MR) is 96.3 cm³/mol. The highest BCUT2D eigenvalue weighted by Gasteiger charge is 2.13. The smallest absolute Gasteiger partial charge is 0.220 e. The number of amides is 1. The minimum absolute atomic E-state index is 0.0108. The molecule has 0 spiro atoms. The maximum atomic E-state index is 12.0. The molecule has 0 aliphatic heterocycles. The lowest BCUT2D eigenvalue weighted by Crippen LogP contribution is -2.26. The fraction of sp³-hybridized carbons (Fsp3) is 0.316. The Morgan fingerprint density at radius 2 is 2.12 bits per heavy atom. The van der Waals surface area contributed by atoms with E-state index in [9.17, 15) is 4.79 Å². The lowest BCUT2D eigenvalue weighted by atomic mass is 10.1. The van der Waals surface area contributed by atoms with Crippen molar-refractivity contribution in [1.82, 2.24) is 25.4 Å². The Morgan fingerprint density at radius 1 is 1.23 bits per heavy atom. The number of nitrogens with one attached hydrogen (secondary N) is 1. The van der Waals surface area contributed by atoms with E-state index in [4.69, 9.17) is 4.52 Å². The second-order valence-corrected chi connectivity index (χ2v) is 6.07. The van der Waals surface area contributed by atoms with E-state index in [1.807, 2.05) is 32.0 Å². The van der Waals surface area contributed by atoms with Gasteiger partial charge in [-0.3, -0.25) is 9.78 Å². The molecule has 0 aromatic carbocycles. The van der Waals surface area contributed by atoms with Gasteiger partial charge in [0.2, 0.25) is 5.91 Å². The van der Waals surface area contributed by atoms with E-state index in [0.29, 0.717) is 37.4 Å². The molecule has 1 amide bonds. The van der Waals surface area contributed by atoms with Crippen LogP contribution >= 0.6 is 0 Å². The molecular formula is C19H21N5O2. The number of carbonyl (C=O) groups is 1. The number of pyridine rings is 1. The first-order valence-electron chi connectivity index (χ1n) is 8.53. The third kappa shape index (κ3) is 4.72. The van der Waals surface area contributed by atoms with Crippen LogP contribution in [0, 0.1) is 13.8 Å². The fourth-order valence-corrected chi connectivity index (χ4v) is 2.62. The van der Waals surface area contributed by atoms with Gasteiger partial charge in [0.05, 0.1) is 17.0 Å². The Bertz CT molecular complexity index is 877. The van der Waals surface area contributed by atoms with Crippen LogP contribution in [0.4, 0.5) is 0 Å². The number of aryl methyl sites for hydroxylation is 3. The summed E-state index contributed by atoms with van der Waals surface area (Å²) in [5.74, 6) is 1.33. The van der Waals surface area contributed by atoms with Gasteiger partial charge in [-0.1, -0.05) is 11.2 Å². The molecule has 0 fully saturated rings. The Balaban J connectivity index is 1.56. The lowest BCUT2D eigenvalue weighted by molar-refractivity contribution is -0.121. The average molecular weight is 351 g/mol. The average Bonchev–Trinajstić information content (AvgIpc) is 3.07. The van der Waals surface area contributed by atoms with E-state index in [2.05, 4.69) is 25.4 Å². The molecule has 3 rings (SSSR count). The molecule has 1 N–H and O–H groups in total. The molecule has 26 heavy (non-hydrogen) atoms. The summed E-state index contributed by atoms with van der Waals surface area (Å²) in [7, 11) is 0. The summed E-state index contributed by atoms with van der Waals surface area (Å²) in [4.78, 5) is 24.8. The normalized spacial score (nSPS) is 10.7. The zero-order chi connectivity index (χ0) is 18.4. The molecule has 0 radical (unpaired) electrons. The van der Waals surface area contributed by atoms with Crippen molar-refractivity contribution in [2.24, 2.45) is 0 Å². The van der Waals surface area contributed by atoms with Gasteiger partial charge in [-0.2, -0.15) is 0 Å². The quantitative estimate of drug-likeness (QED) is 0.703. The van der Waals surface area contributed by atoms with Crippen LogP contribution in [0.1, 0.15) is 29.2 Å².